The van der Waals surface area contributed by atoms with Crippen LogP contribution in [0.1, 0.15) is 24.2 Å². The molecule has 0 N–H and O–H groups in total. The molecule has 3 aromatic rings. The SMILES string of the molecule is Clc1cccnc1CN(CCC1=CN=CC1)Cc1nccc2ccccc12. The molecular weight excluding hydrogens is 356 g/mol. The van der Waals surface area contributed by atoms with E-state index in [1.165, 1.54) is 16.3 Å². The molecule has 1 aromatic carbocycles. The van der Waals surface area contributed by atoms with Gasteiger partial charge >= 0.3 is 0 Å². The van der Waals surface area contributed by atoms with Crippen molar-refractivity contribution in [2.24, 2.45) is 4.99 Å². The molecule has 0 saturated carbocycles. The van der Waals surface area contributed by atoms with Crippen molar-refractivity contribution >= 4 is 28.6 Å². The van der Waals surface area contributed by atoms with Gasteiger partial charge in [-0.15, -0.1) is 0 Å². The van der Waals surface area contributed by atoms with Crippen molar-refractivity contribution in [2.45, 2.75) is 25.9 Å². The van der Waals surface area contributed by atoms with E-state index in [-0.39, 0.29) is 0 Å². The van der Waals surface area contributed by atoms with Gasteiger partial charge in [0.1, 0.15) is 0 Å². The van der Waals surface area contributed by atoms with Gasteiger partial charge in [0.2, 0.25) is 0 Å². The lowest BCUT2D eigenvalue weighted by Gasteiger charge is -2.23. The summed E-state index contributed by atoms with van der Waals surface area (Å²) in [6.45, 7) is 2.36. The average Bonchev–Trinajstić information content (AvgIpc) is 3.22. The Morgan fingerprint density at radius 2 is 1.78 bits per heavy atom. The summed E-state index contributed by atoms with van der Waals surface area (Å²) in [5.74, 6) is 0. The fourth-order valence-electron chi connectivity index (χ4n) is 3.33. The highest BCUT2D eigenvalue weighted by Gasteiger charge is 2.14. The zero-order valence-corrected chi connectivity index (χ0v) is 15.8. The van der Waals surface area contributed by atoms with Crippen LogP contribution in [0.25, 0.3) is 10.8 Å². The topological polar surface area (TPSA) is 41.4 Å². The molecule has 0 bridgehead atoms. The second-order valence-corrected chi connectivity index (χ2v) is 7.10. The lowest BCUT2D eigenvalue weighted by Crippen LogP contribution is -2.25. The van der Waals surface area contributed by atoms with Crippen LogP contribution < -0.4 is 0 Å². The van der Waals surface area contributed by atoms with Crippen molar-refractivity contribution in [3.63, 3.8) is 0 Å². The van der Waals surface area contributed by atoms with E-state index in [9.17, 15) is 0 Å². The van der Waals surface area contributed by atoms with Crippen LogP contribution in [-0.4, -0.2) is 27.6 Å². The number of fused-ring (bicyclic) bond motifs is 1. The smallest absolute Gasteiger partial charge is 0.0729 e. The number of benzene rings is 1. The molecule has 0 saturated heterocycles. The number of aromatic nitrogens is 2. The molecule has 0 spiro atoms. The lowest BCUT2D eigenvalue weighted by molar-refractivity contribution is 0.254. The van der Waals surface area contributed by atoms with E-state index in [1.807, 2.05) is 30.7 Å². The summed E-state index contributed by atoms with van der Waals surface area (Å²) in [5.41, 5.74) is 3.34. The van der Waals surface area contributed by atoms with Crippen molar-refractivity contribution in [1.82, 2.24) is 14.9 Å². The highest BCUT2D eigenvalue weighted by atomic mass is 35.5. The van der Waals surface area contributed by atoms with Crippen molar-refractivity contribution in [3.05, 3.63) is 83.0 Å². The Morgan fingerprint density at radius 3 is 2.63 bits per heavy atom. The summed E-state index contributed by atoms with van der Waals surface area (Å²) < 4.78 is 0. The molecule has 5 heteroatoms. The molecule has 27 heavy (non-hydrogen) atoms. The third-order valence-corrected chi connectivity index (χ3v) is 5.15. The van der Waals surface area contributed by atoms with E-state index >= 15 is 0 Å². The zero-order chi connectivity index (χ0) is 18.5. The number of hydrogen-bond acceptors (Lipinski definition) is 4. The predicted molar refractivity (Wildman–Crippen MR) is 111 cm³/mol. The molecule has 4 nitrogen and oxygen atoms in total. The third kappa shape index (κ3) is 4.41. The Kier molecular flexibility index (Phi) is 5.56. The predicted octanol–water partition coefficient (Wildman–Crippen LogP) is 5.03. The van der Waals surface area contributed by atoms with Crippen molar-refractivity contribution in [2.75, 3.05) is 6.54 Å². The first-order valence-electron chi connectivity index (χ1n) is 9.13. The molecular formula is C22H21ClN4. The maximum atomic E-state index is 6.36. The quantitative estimate of drug-likeness (QED) is 0.580. The van der Waals surface area contributed by atoms with Crippen molar-refractivity contribution in [3.8, 4) is 0 Å². The highest BCUT2D eigenvalue weighted by Crippen LogP contribution is 2.21. The van der Waals surface area contributed by atoms with E-state index in [0.717, 1.165) is 37.3 Å². The second-order valence-electron chi connectivity index (χ2n) is 6.69. The Hall–Kier alpha value is -2.56. The molecule has 136 valence electrons. The second kappa shape index (κ2) is 8.42. The van der Waals surface area contributed by atoms with Crippen LogP contribution in [0, 0.1) is 0 Å². The van der Waals surface area contributed by atoms with Gasteiger partial charge in [-0.3, -0.25) is 19.9 Å². The minimum absolute atomic E-state index is 0.693. The van der Waals surface area contributed by atoms with Gasteiger partial charge < -0.3 is 0 Å². The largest absolute Gasteiger partial charge is 0.291 e. The Bertz CT molecular complexity index is 991. The molecule has 4 rings (SSSR count). The van der Waals surface area contributed by atoms with Gasteiger partial charge in [0.05, 0.1) is 16.4 Å². The molecule has 0 unspecified atom stereocenters. The number of rotatable bonds is 7. The summed E-state index contributed by atoms with van der Waals surface area (Å²) in [7, 11) is 0. The first-order valence-corrected chi connectivity index (χ1v) is 9.51. The van der Waals surface area contributed by atoms with E-state index < -0.39 is 0 Å². The highest BCUT2D eigenvalue weighted by molar-refractivity contribution is 6.31. The first kappa shape index (κ1) is 17.8. The molecule has 1 aliphatic heterocycles. The zero-order valence-electron chi connectivity index (χ0n) is 15.1. The van der Waals surface area contributed by atoms with Crippen molar-refractivity contribution in [1.29, 1.82) is 0 Å². The van der Waals surface area contributed by atoms with Gasteiger partial charge in [-0.05, 0) is 35.6 Å². The monoisotopic (exact) mass is 376 g/mol. The van der Waals surface area contributed by atoms with Crippen LogP contribution >= 0.6 is 11.6 Å². The summed E-state index contributed by atoms with van der Waals surface area (Å²) in [5, 5.41) is 3.11. The normalized spacial score (nSPS) is 13.5. The van der Waals surface area contributed by atoms with E-state index in [1.54, 1.807) is 6.20 Å². The first-order chi connectivity index (χ1) is 13.3. The maximum absolute atomic E-state index is 6.36. The van der Waals surface area contributed by atoms with Gasteiger partial charge in [0.25, 0.3) is 0 Å². The van der Waals surface area contributed by atoms with Crippen molar-refractivity contribution < 1.29 is 0 Å². The lowest BCUT2D eigenvalue weighted by atomic mass is 10.1. The van der Waals surface area contributed by atoms with Crippen LogP contribution in [0.3, 0.4) is 0 Å². The average molecular weight is 377 g/mol. The van der Waals surface area contributed by atoms with E-state index in [4.69, 9.17) is 11.6 Å². The summed E-state index contributed by atoms with van der Waals surface area (Å²) in [6.07, 6.45) is 9.55. The Morgan fingerprint density at radius 1 is 0.926 bits per heavy atom. The molecule has 0 amide bonds. The fraction of sp³-hybridized carbons (Fsp3) is 0.227. The van der Waals surface area contributed by atoms with Crippen LogP contribution in [0.4, 0.5) is 0 Å². The van der Waals surface area contributed by atoms with Crippen LogP contribution in [0.15, 0.2) is 71.6 Å². The number of aliphatic imine (C=N–C) groups is 1. The fourth-order valence-corrected chi connectivity index (χ4v) is 3.51. The molecule has 1 aliphatic rings. The number of pyridine rings is 2. The Balaban J connectivity index is 1.57. The standard InChI is InChI=1S/C22H21ClN4/c23-20-6-3-10-25-22(20)16-27(13-9-17-7-11-24-14-17)15-21-19-5-2-1-4-18(19)8-12-26-21/h1-6,8,10-12,14H,7,9,13,15-16H2. The van der Waals surface area contributed by atoms with Gasteiger partial charge in [-0.25, -0.2) is 0 Å². The molecule has 2 aromatic heterocycles. The van der Waals surface area contributed by atoms with E-state index in [2.05, 4.69) is 50.2 Å². The minimum atomic E-state index is 0.693. The van der Waals surface area contributed by atoms with Gasteiger partial charge in [-0.1, -0.05) is 35.9 Å². The third-order valence-electron chi connectivity index (χ3n) is 4.80. The number of halogens is 1. The molecule has 3 heterocycles. The van der Waals surface area contributed by atoms with E-state index in [0.29, 0.717) is 11.6 Å². The van der Waals surface area contributed by atoms with Gasteiger partial charge in [0.15, 0.2) is 0 Å². The van der Waals surface area contributed by atoms with Crippen LogP contribution in [-0.2, 0) is 13.1 Å². The molecule has 0 atom stereocenters. The molecule has 0 aliphatic carbocycles. The van der Waals surface area contributed by atoms with Crippen LogP contribution in [0.5, 0.6) is 0 Å². The van der Waals surface area contributed by atoms with Gasteiger partial charge in [0, 0.05) is 56.2 Å². The van der Waals surface area contributed by atoms with Gasteiger partial charge in [-0.2, -0.15) is 0 Å². The molecule has 0 radical (unpaired) electrons. The van der Waals surface area contributed by atoms with Crippen LogP contribution in [0.2, 0.25) is 5.02 Å². The summed E-state index contributed by atoms with van der Waals surface area (Å²) in [6, 6.07) is 14.2. The maximum Gasteiger partial charge on any atom is 0.0729 e. The Labute approximate surface area is 164 Å². The number of hydrogen-bond donors (Lipinski definition) is 0. The minimum Gasteiger partial charge on any atom is -0.291 e. The number of nitrogens with zero attached hydrogens (tertiary/aromatic N) is 4. The summed E-state index contributed by atoms with van der Waals surface area (Å²) >= 11 is 6.36. The summed E-state index contributed by atoms with van der Waals surface area (Å²) in [4.78, 5) is 15.7. The molecule has 0 fully saturated rings.